The van der Waals surface area contributed by atoms with Crippen LogP contribution < -0.4 is 5.32 Å². The summed E-state index contributed by atoms with van der Waals surface area (Å²) in [5.41, 5.74) is 1.05. The summed E-state index contributed by atoms with van der Waals surface area (Å²) in [7, 11) is 0. The van der Waals surface area contributed by atoms with E-state index in [0.29, 0.717) is 6.61 Å². The van der Waals surface area contributed by atoms with Gasteiger partial charge in [-0.3, -0.25) is 10.1 Å². The van der Waals surface area contributed by atoms with Gasteiger partial charge in [-0.1, -0.05) is 37.3 Å². The average Bonchev–Trinajstić information content (AvgIpc) is 3.06. The zero-order valence-electron chi connectivity index (χ0n) is 11.2. The molecule has 3 rings (SSSR count). The fourth-order valence-corrected chi connectivity index (χ4v) is 3.02. The smallest absolute Gasteiger partial charge is 0.245 e. The summed E-state index contributed by atoms with van der Waals surface area (Å²) in [5.74, 6) is 0.188. The second kappa shape index (κ2) is 5.31. The number of nitrogens with zero attached hydrogens (tertiary/aromatic N) is 1. The van der Waals surface area contributed by atoms with Crippen LogP contribution in [0.15, 0.2) is 30.3 Å². The van der Waals surface area contributed by atoms with Crippen molar-refractivity contribution in [2.24, 2.45) is 0 Å². The number of amides is 1. The maximum Gasteiger partial charge on any atom is 0.245 e. The Bertz CT molecular complexity index is 443. The molecule has 1 amide bonds. The molecule has 2 aliphatic heterocycles. The molecule has 1 aromatic carbocycles. The van der Waals surface area contributed by atoms with Gasteiger partial charge in [0.1, 0.15) is 6.04 Å². The molecule has 4 heteroatoms. The van der Waals surface area contributed by atoms with Crippen LogP contribution in [0, 0.1) is 0 Å². The second-order valence-electron chi connectivity index (χ2n) is 5.20. The Morgan fingerprint density at radius 2 is 2.16 bits per heavy atom. The summed E-state index contributed by atoms with van der Waals surface area (Å²) >= 11 is 0. The monoisotopic (exact) mass is 260 g/mol. The van der Waals surface area contributed by atoms with Gasteiger partial charge in [0.15, 0.2) is 0 Å². The van der Waals surface area contributed by atoms with Gasteiger partial charge in [-0.15, -0.1) is 0 Å². The summed E-state index contributed by atoms with van der Waals surface area (Å²) in [4.78, 5) is 14.7. The minimum atomic E-state index is -0.202. The predicted octanol–water partition coefficient (Wildman–Crippen LogP) is 1.68. The third kappa shape index (κ3) is 2.26. The molecule has 3 unspecified atom stereocenters. The quantitative estimate of drug-likeness (QED) is 0.899. The summed E-state index contributed by atoms with van der Waals surface area (Å²) in [6.07, 6.45) is 2.00. The molecular formula is C15H20N2O2. The van der Waals surface area contributed by atoms with E-state index in [4.69, 9.17) is 4.74 Å². The van der Waals surface area contributed by atoms with Crippen molar-refractivity contribution in [1.82, 2.24) is 10.2 Å². The number of hydrogen-bond acceptors (Lipinski definition) is 3. The first kappa shape index (κ1) is 12.6. The van der Waals surface area contributed by atoms with Crippen LogP contribution in [-0.2, 0) is 9.53 Å². The maximum absolute atomic E-state index is 12.7. The van der Waals surface area contributed by atoms with Crippen molar-refractivity contribution in [3.63, 3.8) is 0 Å². The van der Waals surface area contributed by atoms with Gasteiger partial charge in [-0.25, -0.2) is 0 Å². The Morgan fingerprint density at radius 1 is 1.37 bits per heavy atom. The normalized spacial score (nSPS) is 31.1. The van der Waals surface area contributed by atoms with Gasteiger partial charge in [-0.05, 0) is 18.4 Å². The lowest BCUT2D eigenvalue weighted by molar-refractivity contribution is -0.132. The van der Waals surface area contributed by atoms with Crippen LogP contribution in [0.25, 0.3) is 0 Å². The predicted molar refractivity (Wildman–Crippen MR) is 72.5 cm³/mol. The van der Waals surface area contributed by atoms with Crippen LogP contribution in [0.5, 0.6) is 0 Å². The molecule has 102 valence electrons. The average molecular weight is 260 g/mol. The molecule has 0 aliphatic carbocycles. The van der Waals surface area contributed by atoms with E-state index in [1.54, 1.807) is 0 Å². The number of benzene rings is 1. The van der Waals surface area contributed by atoms with E-state index in [9.17, 15) is 4.79 Å². The van der Waals surface area contributed by atoms with Crippen LogP contribution in [0.2, 0.25) is 0 Å². The molecule has 0 bridgehead atoms. The van der Waals surface area contributed by atoms with E-state index in [1.165, 1.54) is 0 Å². The Morgan fingerprint density at radius 3 is 2.79 bits per heavy atom. The first-order valence-electron chi connectivity index (χ1n) is 7.02. The lowest BCUT2D eigenvalue weighted by Crippen LogP contribution is -2.44. The minimum absolute atomic E-state index is 0.129. The molecular weight excluding hydrogens is 240 g/mol. The summed E-state index contributed by atoms with van der Waals surface area (Å²) < 4.78 is 5.43. The van der Waals surface area contributed by atoms with Crippen molar-refractivity contribution in [2.75, 3.05) is 13.2 Å². The van der Waals surface area contributed by atoms with E-state index < -0.39 is 0 Å². The van der Waals surface area contributed by atoms with E-state index in [1.807, 2.05) is 35.2 Å². The summed E-state index contributed by atoms with van der Waals surface area (Å²) in [6, 6.07) is 9.99. The largest absolute Gasteiger partial charge is 0.379 e. The molecule has 2 saturated heterocycles. The molecule has 0 aromatic heterocycles. The van der Waals surface area contributed by atoms with Gasteiger partial charge >= 0.3 is 0 Å². The molecule has 2 heterocycles. The number of nitrogens with one attached hydrogen (secondary N) is 1. The highest BCUT2D eigenvalue weighted by atomic mass is 16.5. The first-order chi connectivity index (χ1) is 9.31. The molecule has 1 aromatic rings. The van der Waals surface area contributed by atoms with Gasteiger partial charge in [0.25, 0.3) is 0 Å². The third-order valence-electron chi connectivity index (χ3n) is 4.01. The van der Waals surface area contributed by atoms with E-state index >= 15 is 0 Å². The van der Waals surface area contributed by atoms with Crippen molar-refractivity contribution in [3.8, 4) is 0 Å². The molecule has 19 heavy (non-hydrogen) atoms. The Labute approximate surface area is 113 Å². The Balaban J connectivity index is 1.84. The van der Waals surface area contributed by atoms with Crippen LogP contribution in [0.4, 0.5) is 0 Å². The summed E-state index contributed by atoms with van der Waals surface area (Å²) in [6.45, 7) is 3.55. The Hall–Kier alpha value is -1.39. The molecule has 2 fully saturated rings. The van der Waals surface area contributed by atoms with Crippen molar-refractivity contribution in [3.05, 3.63) is 35.9 Å². The number of rotatable bonds is 3. The summed E-state index contributed by atoms with van der Waals surface area (Å²) in [5, 5.41) is 3.45. The van der Waals surface area contributed by atoms with Crippen molar-refractivity contribution >= 4 is 5.91 Å². The highest BCUT2D eigenvalue weighted by molar-refractivity contribution is 5.86. The van der Waals surface area contributed by atoms with Gasteiger partial charge < -0.3 is 9.64 Å². The van der Waals surface area contributed by atoms with Crippen molar-refractivity contribution in [2.45, 2.75) is 38.0 Å². The van der Waals surface area contributed by atoms with Crippen LogP contribution in [0.3, 0.4) is 0 Å². The first-order valence-corrected chi connectivity index (χ1v) is 7.02. The van der Waals surface area contributed by atoms with Crippen LogP contribution >= 0.6 is 0 Å². The lowest BCUT2D eigenvalue weighted by atomic mass is 10.1. The van der Waals surface area contributed by atoms with Crippen LogP contribution in [0.1, 0.15) is 31.4 Å². The van der Waals surface area contributed by atoms with Gasteiger partial charge in [0.2, 0.25) is 5.91 Å². The van der Waals surface area contributed by atoms with E-state index in [2.05, 4.69) is 12.2 Å². The highest BCUT2D eigenvalue weighted by Gasteiger charge is 2.43. The second-order valence-corrected chi connectivity index (χ2v) is 5.20. The molecule has 0 saturated carbocycles. The Kier molecular flexibility index (Phi) is 3.53. The number of carbonyl (C=O) groups is 1. The molecule has 0 spiro atoms. The fraction of sp³-hybridized carbons (Fsp3) is 0.533. The molecule has 3 atom stereocenters. The molecule has 0 radical (unpaired) electrons. The molecule has 2 aliphatic rings. The standard InChI is InChI=1S/C15H20N2O2/c1-2-13-16-14(11-6-4-3-5-7-11)15(18)17(13)12-8-9-19-10-12/h3-7,12-14,16H,2,8-10H2,1H3. The maximum atomic E-state index is 12.7. The number of ether oxygens (including phenoxy) is 1. The van der Waals surface area contributed by atoms with Crippen LogP contribution in [-0.4, -0.2) is 36.2 Å². The van der Waals surface area contributed by atoms with Gasteiger partial charge in [-0.2, -0.15) is 0 Å². The highest BCUT2D eigenvalue weighted by Crippen LogP contribution is 2.29. The van der Waals surface area contributed by atoms with Crippen molar-refractivity contribution in [1.29, 1.82) is 0 Å². The molecule has 1 N–H and O–H groups in total. The topological polar surface area (TPSA) is 41.6 Å². The SMILES string of the molecule is CCC1NC(c2ccccc2)C(=O)N1C1CCOC1. The van der Waals surface area contributed by atoms with Gasteiger partial charge in [0.05, 0.1) is 18.8 Å². The third-order valence-corrected chi connectivity index (χ3v) is 4.01. The molecule has 4 nitrogen and oxygen atoms in total. The number of carbonyl (C=O) groups excluding carboxylic acids is 1. The van der Waals surface area contributed by atoms with E-state index in [0.717, 1.165) is 25.0 Å². The zero-order chi connectivity index (χ0) is 13.2. The van der Waals surface area contributed by atoms with Gasteiger partial charge in [0, 0.05) is 6.61 Å². The van der Waals surface area contributed by atoms with E-state index in [-0.39, 0.29) is 24.2 Å². The lowest BCUT2D eigenvalue weighted by Gasteiger charge is -2.28. The minimum Gasteiger partial charge on any atom is -0.379 e. The van der Waals surface area contributed by atoms with Crippen molar-refractivity contribution < 1.29 is 9.53 Å². The number of hydrogen-bond donors (Lipinski definition) is 1. The fourth-order valence-electron chi connectivity index (χ4n) is 3.02. The zero-order valence-corrected chi connectivity index (χ0v) is 11.2.